The molecule has 1 fully saturated rings. The van der Waals surface area contributed by atoms with Crippen LogP contribution >= 0.6 is 0 Å². The van der Waals surface area contributed by atoms with Gasteiger partial charge in [0.05, 0.1) is 12.0 Å². The fraction of sp³-hybridized carbons (Fsp3) is 0.286. The third-order valence-corrected chi connectivity index (χ3v) is 4.96. The molecule has 0 bridgehead atoms. The molecule has 0 unspecified atom stereocenters. The zero-order valence-electron chi connectivity index (χ0n) is 16.0. The predicted molar refractivity (Wildman–Crippen MR) is 104 cm³/mol. The molecule has 2 amide bonds. The highest BCUT2D eigenvalue weighted by molar-refractivity contribution is 5.94. The second-order valence-electron chi connectivity index (χ2n) is 6.94. The van der Waals surface area contributed by atoms with Crippen molar-refractivity contribution in [3.8, 4) is 17.1 Å². The molecule has 2 aromatic heterocycles. The van der Waals surface area contributed by atoms with Crippen molar-refractivity contribution in [3.05, 3.63) is 60.0 Å². The predicted octanol–water partition coefficient (Wildman–Crippen LogP) is 2.75. The zero-order valence-corrected chi connectivity index (χ0v) is 16.0. The van der Waals surface area contributed by atoms with Crippen LogP contribution in [0.1, 0.15) is 23.0 Å². The molecule has 1 aromatic carbocycles. The Morgan fingerprint density at radius 2 is 1.75 bits per heavy atom. The molecule has 1 aliphatic rings. The Kier molecular flexibility index (Phi) is 4.73. The SMILES string of the molecule is CC(=O)N1CCN(C(=O)c2cc(-c3ccco3)nn2-c2cccc(C)c2)CC1. The van der Waals surface area contributed by atoms with Crippen molar-refractivity contribution < 1.29 is 14.0 Å². The van der Waals surface area contributed by atoms with Gasteiger partial charge in [-0.05, 0) is 36.8 Å². The lowest BCUT2D eigenvalue weighted by Crippen LogP contribution is -2.50. The van der Waals surface area contributed by atoms with Gasteiger partial charge in [0.25, 0.3) is 5.91 Å². The summed E-state index contributed by atoms with van der Waals surface area (Å²) in [5.41, 5.74) is 3.00. The van der Waals surface area contributed by atoms with E-state index < -0.39 is 0 Å². The number of rotatable bonds is 3. The molecular weight excluding hydrogens is 356 g/mol. The van der Waals surface area contributed by atoms with Crippen molar-refractivity contribution in [2.45, 2.75) is 13.8 Å². The van der Waals surface area contributed by atoms with Gasteiger partial charge in [0.1, 0.15) is 11.4 Å². The molecule has 7 heteroatoms. The third kappa shape index (κ3) is 3.43. The highest BCUT2D eigenvalue weighted by atomic mass is 16.3. The summed E-state index contributed by atoms with van der Waals surface area (Å²) in [7, 11) is 0. The van der Waals surface area contributed by atoms with Gasteiger partial charge >= 0.3 is 0 Å². The summed E-state index contributed by atoms with van der Waals surface area (Å²) in [5.74, 6) is 0.550. The van der Waals surface area contributed by atoms with Crippen LogP contribution in [0.15, 0.2) is 53.1 Å². The molecule has 0 spiro atoms. The fourth-order valence-electron chi connectivity index (χ4n) is 3.42. The van der Waals surface area contributed by atoms with Gasteiger partial charge in [-0.25, -0.2) is 4.68 Å². The van der Waals surface area contributed by atoms with Gasteiger partial charge < -0.3 is 14.2 Å². The van der Waals surface area contributed by atoms with E-state index in [-0.39, 0.29) is 11.8 Å². The van der Waals surface area contributed by atoms with Gasteiger partial charge in [-0.1, -0.05) is 12.1 Å². The van der Waals surface area contributed by atoms with E-state index in [1.807, 2.05) is 37.3 Å². The van der Waals surface area contributed by atoms with Gasteiger partial charge in [-0.15, -0.1) is 0 Å². The monoisotopic (exact) mass is 378 g/mol. The van der Waals surface area contributed by atoms with E-state index in [1.54, 1.807) is 39.8 Å². The van der Waals surface area contributed by atoms with Crippen molar-refractivity contribution >= 4 is 11.8 Å². The summed E-state index contributed by atoms with van der Waals surface area (Å²) in [6, 6.07) is 13.2. The number of nitrogens with zero attached hydrogens (tertiary/aromatic N) is 4. The summed E-state index contributed by atoms with van der Waals surface area (Å²) >= 11 is 0. The first-order chi connectivity index (χ1) is 13.5. The first-order valence-corrected chi connectivity index (χ1v) is 9.29. The Bertz CT molecular complexity index is 999. The van der Waals surface area contributed by atoms with Crippen LogP contribution in [0.2, 0.25) is 0 Å². The van der Waals surface area contributed by atoms with E-state index in [0.717, 1.165) is 11.3 Å². The number of carbonyl (C=O) groups excluding carboxylic acids is 2. The van der Waals surface area contributed by atoms with Crippen molar-refractivity contribution in [3.63, 3.8) is 0 Å². The molecule has 0 N–H and O–H groups in total. The number of furan rings is 1. The fourth-order valence-corrected chi connectivity index (χ4v) is 3.42. The number of amides is 2. The molecule has 0 aliphatic carbocycles. The lowest BCUT2D eigenvalue weighted by Gasteiger charge is -2.34. The molecule has 0 atom stereocenters. The van der Waals surface area contributed by atoms with Crippen molar-refractivity contribution in [2.75, 3.05) is 26.2 Å². The maximum absolute atomic E-state index is 13.3. The summed E-state index contributed by atoms with van der Waals surface area (Å²) < 4.78 is 7.14. The van der Waals surface area contributed by atoms with E-state index in [1.165, 1.54) is 0 Å². The normalized spacial score (nSPS) is 14.4. The quantitative estimate of drug-likeness (QED) is 0.703. The van der Waals surface area contributed by atoms with Crippen molar-refractivity contribution in [1.82, 2.24) is 19.6 Å². The van der Waals surface area contributed by atoms with Crippen LogP contribution in [-0.4, -0.2) is 57.6 Å². The van der Waals surface area contributed by atoms with Crippen LogP contribution in [0.4, 0.5) is 0 Å². The Balaban J connectivity index is 1.69. The minimum Gasteiger partial charge on any atom is -0.463 e. The molecule has 7 nitrogen and oxygen atoms in total. The average Bonchev–Trinajstić information content (AvgIpc) is 3.37. The number of benzene rings is 1. The van der Waals surface area contributed by atoms with Crippen LogP contribution in [0, 0.1) is 6.92 Å². The highest BCUT2D eigenvalue weighted by Crippen LogP contribution is 2.24. The maximum Gasteiger partial charge on any atom is 0.272 e. The molecular formula is C21H22N4O3. The van der Waals surface area contributed by atoms with Crippen molar-refractivity contribution in [1.29, 1.82) is 0 Å². The van der Waals surface area contributed by atoms with Gasteiger partial charge in [-0.3, -0.25) is 9.59 Å². The van der Waals surface area contributed by atoms with Crippen molar-refractivity contribution in [2.24, 2.45) is 0 Å². The molecule has 3 heterocycles. The molecule has 28 heavy (non-hydrogen) atoms. The van der Waals surface area contributed by atoms with E-state index in [4.69, 9.17) is 4.42 Å². The van der Waals surface area contributed by atoms with Crippen LogP contribution in [0.3, 0.4) is 0 Å². The summed E-state index contributed by atoms with van der Waals surface area (Å²) in [5, 5.41) is 4.63. The largest absolute Gasteiger partial charge is 0.463 e. The van der Waals surface area contributed by atoms with Gasteiger partial charge in [0.15, 0.2) is 5.76 Å². The smallest absolute Gasteiger partial charge is 0.272 e. The Labute approximate surface area is 163 Å². The highest BCUT2D eigenvalue weighted by Gasteiger charge is 2.27. The summed E-state index contributed by atoms with van der Waals surface area (Å²) in [6.07, 6.45) is 1.59. The first-order valence-electron chi connectivity index (χ1n) is 9.29. The van der Waals surface area contributed by atoms with Crippen LogP contribution in [0.25, 0.3) is 17.1 Å². The minimum atomic E-state index is -0.102. The second kappa shape index (κ2) is 7.34. The molecule has 1 aliphatic heterocycles. The maximum atomic E-state index is 13.3. The molecule has 0 radical (unpaired) electrons. The number of piperazine rings is 1. The van der Waals surface area contributed by atoms with Crippen LogP contribution < -0.4 is 0 Å². The third-order valence-electron chi connectivity index (χ3n) is 4.96. The standard InChI is InChI=1S/C21H22N4O3/c1-15-5-3-6-17(13-15)25-19(14-18(22-25)20-7-4-12-28-20)21(27)24-10-8-23(9-11-24)16(2)26/h3-7,12-14H,8-11H2,1-2H3. The number of aryl methyl sites for hydroxylation is 1. The number of hydrogen-bond acceptors (Lipinski definition) is 4. The number of aromatic nitrogens is 2. The zero-order chi connectivity index (χ0) is 19.7. The Hall–Kier alpha value is -3.35. The number of carbonyl (C=O) groups is 2. The summed E-state index contributed by atoms with van der Waals surface area (Å²) in [6.45, 7) is 5.67. The van der Waals surface area contributed by atoms with Gasteiger partial charge in [0, 0.05) is 39.2 Å². The molecule has 0 saturated carbocycles. The van der Waals surface area contributed by atoms with E-state index >= 15 is 0 Å². The summed E-state index contributed by atoms with van der Waals surface area (Å²) in [4.78, 5) is 28.4. The molecule has 4 rings (SSSR count). The second-order valence-corrected chi connectivity index (χ2v) is 6.94. The Morgan fingerprint density at radius 3 is 2.39 bits per heavy atom. The number of hydrogen-bond donors (Lipinski definition) is 0. The van der Waals surface area contributed by atoms with Gasteiger partial charge in [0.2, 0.25) is 5.91 Å². The van der Waals surface area contributed by atoms with E-state index in [9.17, 15) is 9.59 Å². The van der Waals surface area contributed by atoms with Crippen LogP contribution in [-0.2, 0) is 4.79 Å². The molecule has 144 valence electrons. The van der Waals surface area contributed by atoms with Gasteiger partial charge in [-0.2, -0.15) is 5.10 Å². The molecule has 1 saturated heterocycles. The first kappa shape index (κ1) is 18.0. The van der Waals surface area contributed by atoms with E-state index in [0.29, 0.717) is 43.3 Å². The Morgan fingerprint density at radius 1 is 1.00 bits per heavy atom. The molecule has 3 aromatic rings. The lowest BCUT2D eigenvalue weighted by atomic mass is 10.2. The lowest BCUT2D eigenvalue weighted by molar-refractivity contribution is -0.130. The van der Waals surface area contributed by atoms with Crippen LogP contribution in [0.5, 0.6) is 0 Å². The topological polar surface area (TPSA) is 71.6 Å². The average molecular weight is 378 g/mol. The van der Waals surface area contributed by atoms with E-state index in [2.05, 4.69) is 5.10 Å². The minimum absolute atomic E-state index is 0.0389.